The van der Waals surface area contributed by atoms with E-state index in [1.165, 1.54) is 5.56 Å². The number of pyridine rings is 1. The third-order valence-corrected chi connectivity index (χ3v) is 7.28. The number of carbonyl (C=O) groups excluding carboxylic acids is 1. The number of aliphatic carboxylic acids is 1. The van der Waals surface area contributed by atoms with Gasteiger partial charge in [-0.15, -0.1) is 0 Å². The van der Waals surface area contributed by atoms with E-state index < -0.39 is 23.8 Å². The van der Waals surface area contributed by atoms with E-state index in [0.717, 1.165) is 75.1 Å². The van der Waals surface area contributed by atoms with E-state index >= 15 is 0 Å². The Morgan fingerprint density at radius 3 is 2.70 bits per heavy atom. The van der Waals surface area contributed by atoms with Crippen LogP contribution in [0.25, 0.3) is 0 Å². The summed E-state index contributed by atoms with van der Waals surface area (Å²) in [4.78, 5) is 32.0. The van der Waals surface area contributed by atoms with Crippen LogP contribution in [0.5, 0.6) is 0 Å². The highest BCUT2D eigenvalue weighted by atomic mass is 16.4. The van der Waals surface area contributed by atoms with Gasteiger partial charge in [0.25, 0.3) is 0 Å². The summed E-state index contributed by atoms with van der Waals surface area (Å²) in [6, 6.07) is 15.0. The fourth-order valence-corrected chi connectivity index (χ4v) is 5.01. The maximum Gasteiger partial charge on any atom is 0.326 e. The third-order valence-electron chi connectivity index (χ3n) is 7.28. The van der Waals surface area contributed by atoms with Crippen molar-refractivity contribution >= 4 is 17.7 Å². The number of carboxylic acids is 1. The number of aryl methyl sites for hydroxylation is 2. The summed E-state index contributed by atoms with van der Waals surface area (Å²) in [5, 5.41) is 25.1. The molecule has 2 heterocycles. The number of amides is 1. The Morgan fingerprint density at radius 2 is 1.97 bits per heavy atom. The number of unbranched alkanes of at least 4 members (excludes halogenated alkanes) is 1. The predicted octanol–water partition coefficient (Wildman–Crippen LogP) is 3.88. The van der Waals surface area contributed by atoms with Crippen LogP contribution in [0.4, 0.5) is 5.82 Å². The zero-order valence-corrected chi connectivity index (χ0v) is 21.4. The molecule has 8 nitrogen and oxygen atoms in total. The van der Waals surface area contributed by atoms with Gasteiger partial charge in [-0.05, 0) is 75.1 Å². The zero-order valence-electron chi connectivity index (χ0n) is 21.4. The minimum atomic E-state index is -1.04. The van der Waals surface area contributed by atoms with Crippen molar-refractivity contribution in [2.24, 2.45) is 0 Å². The number of anilines is 1. The molecule has 4 rings (SSSR count). The van der Waals surface area contributed by atoms with Crippen LogP contribution in [-0.2, 0) is 22.4 Å². The number of aromatic nitrogens is 1. The molecule has 1 saturated carbocycles. The van der Waals surface area contributed by atoms with Crippen LogP contribution in [-0.4, -0.2) is 58.6 Å². The minimum Gasteiger partial charge on any atom is -0.480 e. The Kier molecular flexibility index (Phi) is 9.50. The number of hydrogen-bond donors (Lipinski definition) is 3. The molecule has 0 saturated heterocycles. The number of fused-ring (bicyclic) bond motifs is 1. The summed E-state index contributed by atoms with van der Waals surface area (Å²) in [5.41, 5.74) is 3.14. The molecule has 2 aliphatic rings. The van der Waals surface area contributed by atoms with Crippen molar-refractivity contribution in [1.29, 1.82) is 5.26 Å². The summed E-state index contributed by atoms with van der Waals surface area (Å²) in [5.74, 6) is -1.10. The Balaban J connectivity index is 1.26. The first-order valence-electron chi connectivity index (χ1n) is 13.5. The van der Waals surface area contributed by atoms with Gasteiger partial charge in [-0.25, -0.2) is 9.78 Å². The van der Waals surface area contributed by atoms with Gasteiger partial charge in [0, 0.05) is 24.8 Å². The monoisotopic (exact) mass is 503 g/mol. The average molecular weight is 504 g/mol. The third kappa shape index (κ3) is 7.77. The Labute approximate surface area is 219 Å². The lowest BCUT2D eigenvalue weighted by Gasteiger charge is -2.25. The van der Waals surface area contributed by atoms with Crippen molar-refractivity contribution in [2.75, 3.05) is 25.0 Å². The van der Waals surface area contributed by atoms with Gasteiger partial charge >= 0.3 is 5.97 Å². The van der Waals surface area contributed by atoms with Crippen LogP contribution in [0.1, 0.15) is 67.7 Å². The topological polar surface area (TPSA) is 118 Å². The molecule has 2 unspecified atom stereocenters. The molecule has 1 aromatic carbocycles. The van der Waals surface area contributed by atoms with Gasteiger partial charge in [-0.1, -0.05) is 36.4 Å². The molecule has 0 bridgehead atoms. The van der Waals surface area contributed by atoms with Gasteiger partial charge in [0.1, 0.15) is 11.9 Å². The first kappa shape index (κ1) is 26.6. The lowest BCUT2D eigenvalue weighted by molar-refractivity contribution is -0.142. The van der Waals surface area contributed by atoms with Crippen molar-refractivity contribution in [3.8, 4) is 6.07 Å². The van der Waals surface area contributed by atoms with Crippen molar-refractivity contribution in [1.82, 2.24) is 15.2 Å². The maximum absolute atomic E-state index is 12.9. The van der Waals surface area contributed by atoms with Gasteiger partial charge < -0.3 is 20.6 Å². The van der Waals surface area contributed by atoms with Gasteiger partial charge in [0.15, 0.2) is 0 Å². The van der Waals surface area contributed by atoms with Gasteiger partial charge in [-0.2, -0.15) is 5.26 Å². The number of benzene rings is 1. The van der Waals surface area contributed by atoms with Gasteiger partial charge in [-0.3, -0.25) is 4.79 Å². The predicted molar refractivity (Wildman–Crippen MR) is 142 cm³/mol. The lowest BCUT2D eigenvalue weighted by Crippen LogP contribution is -2.45. The van der Waals surface area contributed by atoms with Gasteiger partial charge in [0.05, 0.1) is 18.4 Å². The summed E-state index contributed by atoms with van der Waals surface area (Å²) >= 11 is 0. The second kappa shape index (κ2) is 13.2. The summed E-state index contributed by atoms with van der Waals surface area (Å²) in [6.45, 7) is 2.52. The maximum atomic E-state index is 12.9. The van der Waals surface area contributed by atoms with E-state index in [4.69, 9.17) is 4.98 Å². The molecule has 2 aromatic rings. The molecule has 1 aliphatic carbocycles. The molecule has 3 N–H and O–H groups in total. The molecule has 1 aromatic heterocycles. The van der Waals surface area contributed by atoms with Gasteiger partial charge in [0.2, 0.25) is 5.91 Å². The molecule has 1 fully saturated rings. The highest BCUT2D eigenvalue weighted by molar-refractivity contribution is 5.88. The molecule has 8 heteroatoms. The highest BCUT2D eigenvalue weighted by Crippen LogP contribution is 2.28. The van der Waals surface area contributed by atoms with Crippen molar-refractivity contribution in [2.45, 2.75) is 75.8 Å². The first-order chi connectivity index (χ1) is 18.0. The number of nitriles is 1. The van der Waals surface area contributed by atoms with Crippen LogP contribution >= 0.6 is 0 Å². The molecule has 37 heavy (non-hydrogen) atoms. The molecule has 1 amide bonds. The fourth-order valence-electron chi connectivity index (χ4n) is 5.01. The highest BCUT2D eigenvalue weighted by Gasteiger charge is 2.31. The quantitative estimate of drug-likeness (QED) is 0.335. The summed E-state index contributed by atoms with van der Waals surface area (Å²) in [6.07, 6.45) is 7.85. The molecule has 2 atom stereocenters. The van der Waals surface area contributed by atoms with Crippen LogP contribution < -0.4 is 10.6 Å². The zero-order chi connectivity index (χ0) is 26.0. The Bertz CT molecular complexity index is 1100. The molecule has 0 spiro atoms. The second-order valence-corrected chi connectivity index (χ2v) is 10.1. The van der Waals surface area contributed by atoms with Crippen molar-refractivity contribution in [3.05, 3.63) is 59.3 Å². The van der Waals surface area contributed by atoms with Crippen LogP contribution in [0.15, 0.2) is 42.5 Å². The van der Waals surface area contributed by atoms with Crippen molar-refractivity contribution in [3.63, 3.8) is 0 Å². The van der Waals surface area contributed by atoms with E-state index in [2.05, 4.69) is 33.7 Å². The van der Waals surface area contributed by atoms with E-state index in [-0.39, 0.29) is 6.42 Å². The molecule has 1 aliphatic heterocycles. The first-order valence-corrected chi connectivity index (χ1v) is 13.5. The number of carbonyl (C=O) groups is 2. The SMILES string of the molecule is N#CCC(C(=O)NC(CCN(CCCCc1ccc2c(n1)NCCC2)C1CC1)C(=O)O)c1ccccc1. The molecular weight excluding hydrogens is 466 g/mol. The Morgan fingerprint density at radius 1 is 1.16 bits per heavy atom. The van der Waals surface area contributed by atoms with Crippen LogP contribution in [0, 0.1) is 11.3 Å². The Hall–Kier alpha value is -3.44. The minimum absolute atomic E-state index is 0.00548. The number of nitrogens with one attached hydrogen (secondary N) is 2. The normalized spacial score (nSPS) is 16.2. The molecular formula is C29H37N5O3. The fraction of sp³-hybridized carbons (Fsp3) is 0.517. The second-order valence-electron chi connectivity index (χ2n) is 10.1. The number of nitrogens with zero attached hydrogens (tertiary/aromatic N) is 3. The van der Waals surface area contributed by atoms with E-state index in [1.807, 2.05) is 18.2 Å². The molecule has 0 radical (unpaired) electrons. The summed E-state index contributed by atoms with van der Waals surface area (Å²) in [7, 11) is 0. The standard InChI is InChI=1S/C29H37N5O3/c30-17-15-25(21-7-2-1-3-8-21)28(35)33-26(29(36)37)16-20-34(24-13-14-24)19-5-4-10-23-12-11-22-9-6-18-31-27(22)32-23/h1-3,7-8,11-12,24-26H,4-6,9-10,13-16,18-20H2,(H,31,32)(H,33,35)(H,36,37). The van der Waals surface area contributed by atoms with E-state index in [9.17, 15) is 20.0 Å². The largest absolute Gasteiger partial charge is 0.480 e. The van der Waals surface area contributed by atoms with Crippen molar-refractivity contribution < 1.29 is 14.7 Å². The summed E-state index contributed by atoms with van der Waals surface area (Å²) < 4.78 is 0. The lowest BCUT2D eigenvalue weighted by atomic mass is 9.95. The smallest absolute Gasteiger partial charge is 0.326 e. The number of rotatable bonds is 14. The number of carboxylic acid groups (broad SMARTS) is 1. The number of hydrogen-bond acceptors (Lipinski definition) is 6. The average Bonchev–Trinajstić information content (AvgIpc) is 3.76. The van der Waals surface area contributed by atoms with Crippen LogP contribution in [0.2, 0.25) is 0 Å². The van der Waals surface area contributed by atoms with E-state index in [1.54, 1.807) is 12.1 Å². The molecule has 196 valence electrons. The van der Waals surface area contributed by atoms with Crippen LogP contribution in [0.3, 0.4) is 0 Å². The van der Waals surface area contributed by atoms with E-state index in [0.29, 0.717) is 19.0 Å².